The van der Waals surface area contributed by atoms with E-state index >= 15 is 0 Å². The summed E-state index contributed by atoms with van der Waals surface area (Å²) in [5.41, 5.74) is -0.377. The third-order valence-corrected chi connectivity index (χ3v) is 5.61. The zero-order valence-corrected chi connectivity index (χ0v) is 17.6. The lowest BCUT2D eigenvalue weighted by Gasteiger charge is -2.34. The van der Waals surface area contributed by atoms with E-state index in [0.29, 0.717) is 0 Å². The van der Waals surface area contributed by atoms with Crippen molar-refractivity contribution in [3.05, 3.63) is 0 Å². The van der Waals surface area contributed by atoms with Gasteiger partial charge in [0.15, 0.2) is 0 Å². The van der Waals surface area contributed by atoms with Gasteiger partial charge in [0.05, 0.1) is 32.0 Å². The molecule has 0 aliphatic carbocycles. The van der Waals surface area contributed by atoms with Crippen molar-refractivity contribution in [2.45, 2.75) is 58.2 Å². The highest BCUT2D eigenvalue weighted by Crippen LogP contribution is 2.46. The van der Waals surface area contributed by atoms with Crippen molar-refractivity contribution in [3.63, 3.8) is 0 Å². The van der Waals surface area contributed by atoms with Crippen LogP contribution in [-0.2, 0) is 32.0 Å². The molecule has 1 aliphatic heterocycles. The van der Waals surface area contributed by atoms with Crippen LogP contribution in [0.5, 0.6) is 0 Å². The molecule has 1 aliphatic rings. The van der Waals surface area contributed by atoms with Crippen molar-refractivity contribution < 1.29 is 46.9 Å². The number of phosphoric ester groups is 2. The Hall–Kier alpha value is 0.205. The molecule has 1 rings (SSSR count). The van der Waals surface area contributed by atoms with Gasteiger partial charge in [-0.3, -0.25) is 9.13 Å². The van der Waals surface area contributed by atoms with Crippen LogP contribution in [0.2, 0.25) is 0 Å². The van der Waals surface area contributed by atoms with Crippen LogP contribution in [0, 0.1) is 5.41 Å². The molecule has 1 fully saturated rings. The molecule has 0 saturated carbocycles. The fraction of sp³-hybridized carbons (Fsp3) is 1.00. The summed E-state index contributed by atoms with van der Waals surface area (Å²) < 4.78 is 47.7. The zero-order valence-electron chi connectivity index (χ0n) is 15.8. The predicted octanol–water partition coefficient (Wildman–Crippen LogP) is 0.460. The molecule has 5 unspecified atom stereocenters. The van der Waals surface area contributed by atoms with Gasteiger partial charge in [0.25, 0.3) is 15.6 Å². The highest BCUT2D eigenvalue weighted by molar-refractivity contribution is 7.46. The molecule has 10 nitrogen and oxygen atoms in total. The minimum atomic E-state index is -4.63. The SMILES string of the molecule is [B]C1CC(OP(=O)([O-])OCCCOP(=O)([O-])OCCCO)C(C(C)(C)C)O1. The Bertz CT molecular complexity index is 540. The lowest BCUT2D eigenvalue weighted by molar-refractivity contribution is -0.232. The Morgan fingerprint density at radius 3 is 2.11 bits per heavy atom. The van der Waals surface area contributed by atoms with Crippen LogP contribution in [0.3, 0.4) is 0 Å². The molecule has 2 radical (unpaired) electrons. The molecule has 0 amide bonds. The quantitative estimate of drug-likeness (QED) is 0.264. The Kier molecular flexibility index (Phi) is 10.1. The van der Waals surface area contributed by atoms with Gasteiger partial charge in [0.1, 0.15) is 7.85 Å². The molecule has 13 heteroatoms. The third kappa shape index (κ3) is 9.99. The van der Waals surface area contributed by atoms with Crippen molar-refractivity contribution in [2.24, 2.45) is 5.41 Å². The number of rotatable bonds is 12. The van der Waals surface area contributed by atoms with E-state index in [1.54, 1.807) is 0 Å². The summed E-state index contributed by atoms with van der Waals surface area (Å²) in [5, 5.41) is 8.55. The minimum Gasteiger partial charge on any atom is -0.756 e. The van der Waals surface area contributed by atoms with Crippen molar-refractivity contribution in [3.8, 4) is 0 Å². The topological polar surface area (TPSA) is 147 Å². The van der Waals surface area contributed by atoms with Gasteiger partial charge in [-0.2, -0.15) is 0 Å². The van der Waals surface area contributed by atoms with Crippen LogP contribution in [0.25, 0.3) is 0 Å². The van der Waals surface area contributed by atoms with Gasteiger partial charge in [-0.15, -0.1) is 0 Å². The summed E-state index contributed by atoms with van der Waals surface area (Å²) in [6, 6.07) is -0.621. The lowest BCUT2D eigenvalue weighted by atomic mass is 9.85. The Morgan fingerprint density at radius 1 is 1.07 bits per heavy atom. The van der Waals surface area contributed by atoms with E-state index < -0.39 is 33.9 Å². The maximum absolute atomic E-state index is 12.0. The maximum Gasteiger partial charge on any atom is 0.268 e. The van der Waals surface area contributed by atoms with Gasteiger partial charge in [0, 0.05) is 12.6 Å². The number of aliphatic hydroxyl groups excluding tert-OH is 1. The van der Waals surface area contributed by atoms with Gasteiger partial charge in [0.2, 0.25) is 0 Å². The first-order valence-corrected chi connectivity index (χ1v) is 11.5. The van der Waals surface area contributed by atoms with Crippen molar-refractivity contribution in [2.75, 3.05) is 26.4 Å². The van der Waals surface area contributed by atoms with Crippen molar-refractivity contribution >= 4 is 23.5 Å². The second kappa shape index (κ2) is 10.8. The third-order valence-electron chi connectivity index (χ3n) is 3.58. The monoisotopic (exact) mass is 428 g/mol. The summed E-state index contributed by atoms with van der Waals surface area (Å²) in [6.45, 7) is 4.59. The molecule has 0 aromatic heterocycles. The van der Waals surface area contributed by atoms with Crippen LogP contribution in [0.15, 0.2) is 0 Å². The smallest absolute Gasteiger partial charge is 0.268 e. The fourth-order valence-corrected chi connectivity index (χ4v) is 4.15. The standard InChI is InChI=1S/C14H29BO10P2/c1-14(2,3)13-11(10-12(15)24-13)25-27(19,20)23-9-5-8-22-26(17,18)21-7-4-6-16/h11-13,16H,4-10H2,1-3H3,(H,17,18)(H,19,20)/p-2. The average molecular weight is 428 g/mol. The first kappa shape index (κ1) is 25.2. The van der Waals surface area contributed by atoms with E-state index in [9.17, 15) is 18.9 Å². The first-order valence-electron chi connectivity index (χ1n) is 8.62. The molecule has 0 aromatic rings. The summed E-state index contributed by atoms with van der Waals surface area (Å²) >= 11 is 0. The number of phosphoric acid groups is 2. The molecule has 1 saturated heterocycles. The molecule has 27 heavy (non-hydrogen) atoms. The summed E-state index contributed by atoms with van der Waals surface area (Å²) in [5.74, 6) is 0. The summed E-state index contributed by atoms with van der Waals surface area (Å²) in [7, 11) is -3.39. The summed E-state index contributed by atoms with van der Waals surface area (Å²) in [4.78, 5) is 23.3. The lowest BCUT2D eigenvalue weighted by Crippen LogP contribution is -2.37. The van der Waals surface area contributed by atoms with E-state index in [1.165, 1.54) is 0 Å². The molecule has 5 atom stereocenters. The second-order valence-corrected chi connectivity index (χ2v) is 9.94. The van der Waals surface area contributed by atoms with Gasteiger partial charge in [-0.25, -0.2) is 0 Å². The Labute approximate surface area is 161 Å². The van der Waals surface area contributed by atoms with E-state index in [2.05, 4.69) is 9.05 Å². The van der Waals surface area contributed by atoms with E-state index in [4.69, 9.17) is 26.7 Å². The predicted molar refractivity (Wildman–Crippen MR) is 92.7 cm³/mol. The van der Waals surface area contributed by atoms with Gasteiger partial charge in [-0.1, -0.05) is 20.8 Å². The van der Waals surface area contributed by atoms with Crippen LogP contribution in [0.1, 0.15) is 40.0 Å². The van der Waals surface area contributed by atoms with E-state index in [-0.39, 0.29) is 51.1 Å². The molecule has 1 heterocycles. The number of aliphatic hydroxyl groups is 1. The average Bonchev–Trinajstić information content (AvgIpc) is 2.86. The second-order valence-electron chi connectivity index (χ2n) is 7.17. The fourth-order valence-electron chi connectivity index (χ4n) is 2.43. The number of hydrogen-bond acceptors (Lipinski definition) is 10. The van der Waals surface area contributed by atoms with Gasteiger partial charge >= 0.3 is 0 Å². The Balaban J connectivity index is 2.35. The maximum atomic E-state index is 12.0. The molecular weight excluding hydrogens is 401 g/mol. The normalized spacial score (nSPS) is 28.0. The Morgan fingerprint density at radius 2 is 1.59 bits per heavy atom. The first-order chi connectivity index (χ1) is 12.4. The minimum absolute atomic E-state index is 0.0193. The number of hydrogen-bond donors (Lipinski definition) is 1. The van der Waals surface area contributed by atoms with Crippen LogP contribution in [-0.4, -0.2) is 57.6 Å². The molecule has 0 aromatic carbocycles. The van der Waals surface area contributed by atoms with Gasteiger partial charge in [-0.05, 0) is 24.7 Å². The van der Waals surface area contributed by atoms with Crippen molar-refractivity contribution in [1.82, 2.24) is 0 Å². The largest absolute Gasteiger partial charge is 0.756 e. The van der Waals surface area contributed by atoms with E-state index in [0.717, 1.165) is 0 Å². The highest BCUT2D eigenvalue weighted by Gasteiger charge is 2.42. The molecular formula is C14H27BO10P2-2. The van der Waals surface area contributed by atoms with Crippen LogP contribution < -0.4 is 9.79 Å². The van der Waals surface area contributed by atoms with Crippen LogP contribution >= 0.6 is 15.6 Å². The molecule has 0 bridgehead atoms. The molecule has 1 N–H and O–H groups in total. The summed E-state index contributed by atoms with van der Waals surface area (Å²) in [6.07, 6.45) is -0.926. The zero-order chi connectivity index (χ0) is 20.7. The van der Waals surface area contributed by atoms with Gasteiger partial charge < -0.3 is 37.7 Å². The molecule has 0 spiro atoms. The van der Waals surface area contributed by atoms with Crippen molar-refractivity contribution in [1.29, 1.82) is 0 Å². The van der Waals surface area contributed by atoms with Crippen LogP contribution in [0.4, 0.5) is 0 Å². The molecule has 158 valence electrons. The van der Waals surface area contributed by atoms with E-state index in [1.807, 2.05) is 20.8 Å². The highest BCUT2D eigenvalue weighted by atomic mass is 31.2. The number of ether oxygens (including phenoxy) is 1.